The van der Waals surface area contributed by atoms with Crippen LogP contribution < -0.4 is 5.32 Å². The van der Waals surface area contributed by atoms with Crippen molar-refractivity contribution in [3.63, 3.8) is 0 Å². The Labute approximate surface area is 96.4 Å². The molecule has 92 valence electrons. The molecule has 0 rings (SSSR count). The predicted octanol–water partition coefficient (Wildman–Crippen LogP) is 2.74. The summed E-state index contributed by atoms with van der Waals surface area (Å²) in [7, 11) is 2.24. The molecule has 2 heteroatoms. The highest BCUT2D eigenvalue weighted by Gasteiger charge is 2.05. The van der Waals surface area contributed by atoms with E-state index in [4.69, 9.17) is 0 Å². The van der Waals surface area contributed by atoms with E-state index < -0.39 is 0 Å². The molecule has 0 saturated heterocycles. The Balaban J connectivity index is 3.35. The van der Waals surface area contributed by atoms with Crippen LogP contribution in [0.3, 0.4) is 0 Å². The second-order valence-corrected chi connectivity index (χ2v) is 4.78. The molecule has 0 aliphatic carbocycles. The molecule has 0 saturated carbocycles. The summed E-state index contributed by atoms with van der Waals surface area (Å²) in [5, 5.41) is 3.48. The highest BCUT2D eigenvalue weighted by Crippen LogP contribution is 2.00. The van der Waals surface area contributed by atoms with Crippen molar-refractivity contribution in [2.24, 2.45) is 5.92 Å². The summed E-state index contributed by atoms with van der Waals surface area (Å²) in [6.07, 6.45) is 5.27. The first kappa shape index (κ1) is 14.9. The Hall–Kier alpha value is -0.0800. The lowest BCUT2D eigenvalue weighted by Crippen LogP contribution is -2.31. The van der Waals surface area contributed by atoms with E-state index in [0.717, 1.165) is 19.0 Å². The van der Waals surface area contributed by atoms with Crippen LogP contribution >= 0.6 is 0 Å². The number of nitrogens with zero attached hydrogens (tertiary/aromatic N) is 1. The third-order valence-corrected chi connectivity index (χ3v) is 2.69. The molecule has 0 amide bonds. The van der Waals surface area contributed by atoms with Crippen LogP contribution in [0.1, 0.15) is 46.5 Å². The van der Waals surface area contributed by atoms with Crippen molar-refractivity contribution in [3.05, 3.63) is 0 Å². The van der Waals surface area contributed by atoms with Gasteiger partial charge in [-0.1, -0.05) is 33.6 Å². The molecular weight excluding hydrogens is 184 g/mol. The van der Waals surface area contributed by atoms with Gasteiger partial charge in [0.2, 0.25) is 0 Å². The Bertz CT molecular complexity index is 112. The van der Waals surface area contributed by atoms with Gasteiger partial charge in [0.05, 0.1) is 0 Å². The van der Waals surface area contributed by atoms with Crippen molar-refractivity contribution >= 4 is 0 Å². The first-order chi connectivity index (χ1) is 7.20. The SMILES string of the molecule is CCCCCN(C)CC(C)CNCCC. The number of hydrogen-bond donors (Lipinski definition) is 1. The maximum atomic E-state index is 3.48. The second-order valence-electron chi connectivity index (χ2n) is 4.78. The number of unbranched alkanes of at least 4 members (excludes halogenated alkanes) is 2. The zero-order chi connectivity index (χ0) is 11.5. The fourth-order valence-corrected chi connectivity index (χ4v) is 1.84. The summed E-state index contributed by atoms with van der Waals surface area (Å²) >= 11 is 0. The maximum Gasteiger partial charge on any atom is 0.00161 e. The molecule has 0 heterocycles. The first-order valence-electron chi connectivity index (χ1n) is 6.59. The highest BCUT2D eigenvalue weighted by atomic mass is 15.1. The zero-order valence-electron chi connectivity index (χ0n) is 11.2. The molecular formula is C13H30N2. The van der Waals surface area contributed by atoms with Crippen LogP contribution in [0.2, 0.25) is 0 Å². The Morgan fingerprint density at radius 2 is 1.87 bits per heavy atom. The van der Waals surface area contributed by atoms with Gasteiger partial charge in [-0.15, -0.1) is 0 Å². The van der Waals surface area contributed by atoms with Crippen molar-refractivity contribution in [1.29, 1.82) is 0 Å². The predicted molar refractivity (Wildman–Crippen MR) is 69.3 cm³/mol. The molecule has 0 aliphatic heterocycles. The van der Waals surface area contributed by atoms with Crippen molar-refractivity contribution < 1.29 is 0 Å². The van der Waals surface area contributed by atoms with E-state index in [0.29, 0.717) is 0 Å². The molecule has 0 radical (unpaired) electrons. The molecule has 15 heavy (non-hydrogen) atoms. The van der Waals surface area contributed by atoms with Gasteiger partial charge >= 0.3 is 0 Å². The molecule has 0 bridgehead atoms. The van der Waals surface area contributed by atoms with E-state index in [9.17, 15) is 0 Å². The molecule has 0 aromatic rings. The molecule has 0 fully saturated rings. The minimum Gasteiger partial charge on any atom is -0.316 e. The van der Waals surface area contributed by atoms with Crippen LogP contribution in [0.5, 0.6) is 0 Å². The van der Waals surface area contributed by atoms with Crippen molar-refractivity contribution in [2.45, 2.75) is 46.5 Å². The lowest BCUT2D eigenvalue weighted by molar-refractivity contribution is 0.276. The van der Waals surface area contributed by atoms with Gasteiger partial charge in [-0.2, -0.15) is 0 Å². The van der Waals surface area contributed by atoms with Crippen molar-refractivity contribution in [2.75, 3.05) is 33.2 Å². The van der Waals surface area contributed by atoms with Gasteiger partial charge in [-0.3, -0.25) is 0 Å². The molecule has 1 atom stereocenters. The second kappa shape index (κ2) is 10.4. The summed E-state index contributed by atoms with van der Waals surface area (Å²) in [6.45, 7) is 11.6. The van der Waals surface area contributed by atoms with E-state index in [1.165, 1.54) is 38.8 Å². The van der Waals surface area contributed by atoms with Gasteiger partial charge in [-0.25, -0.2) is 0 Å². The average molecular weight is 214 g/mol. The largest absolute Gasteiger partial charge is 0.316 e. The highest BCUT2D eigenvalue weighted by molar-refractivity contribution is 4.62. The molecule has 1 unspecified atom stereocenters. The topological polar surface area (TPSA) is 15.3 Å². The normalized spacial score (nSPS) is 13.4. The number of rotatable bonds is 10. The molecule has 0 spiro atoms. The Morgan fingerprint density at radius 1 is 1.13 bits per heavy atom. The van der Waals surface area contributed by atoms with Gasteiger partial charge in [0.1, 0.15) is 0 Å². The van der Waals surface area contributed by atoms with Crippen LogP contribution in [0.25, 0.3) is 0 Å². The molecule has 0 aromatic carbocycles. The minimum atomic E-state index is 0.767. The number of hydrogen-bond acceptors (Lipinski definition) is 2. The Kier molecular flexibility index (Phi) is 10.4. The third-order valence-electron chi connectivity index (χ3n) is 2.69. The summed E-state index contributed by atoms with van der Waals surface area (Å²) in [5.41, 5.74) is 0. The molecule has 0 aromatic heterocycles. The van der Waals surface area contributed by atoms with E-state index in [2.05, 4.69) is 38.0 Å². The summed E-state index contributed by atoms with van der Waals surface area (Å²) in [5.74, 6) is 0.767. The van der Waals surface area contributed by atoms with Crippen LogP contribution in [0.15, 0.2) is 0 Å². The van der Waals surface area contributed by atoms with Crippen LogP contribution in [0.4, 0.5) is 0 Å². The van der Waals surface area contributed by atoms with Crippen LogP contribution in [0, 0.1) is 5.92 Å². The third kappa shape index (κ3) is 10.2. The van der Waals surface area contributed by atoms with Gasteiger partial charge in [-0.05, 0) is 45.4 Å². The monoisotopic (exact) mass is 214 g/mol. The van der Waals surface area contributed by atoms with Gasteiger partial charge < -0.3 is 10.2 Å². The summed E-state index contributed by atoms with van der Waals surface area (Å²) in [6, 6.07) is 0. The summed E-state index contributed by atoms with van der Waals surface area (Å²) < 4.78 is 0. The maximum absolute atomic E-state index is 3.48. The van der Waals surface area contributed by atoms with Crippen molar-refractivity contribution in [3.8, 4) is 0 Å². The molecule has 0 aliphatic rings. The van der Waals surface area contributed by atoms with E-state index >= 15 is 0 Å². The van der Waals surface area contributed by atoms with E-state index in [1.54, 1.807) is 0 Å². The fourth-order valence-electron chi connectivity index (χ4n) is 1.84. The first-order valence-corrected chi connectivity index (χ1v) is 6.59. The fraction of sp³-hybridized carbons (Fsp3) is 1.00. The lowest BCUT2D eigenvalue weighted by Gasteiger charge is -2.21. The molecule has 2 nitrogen and oxygen atoms in total. The summed E-state index contributed by atoms with van der Waals surface area (Å²) in [4.78, 5) is 2.47. The lowest BCUT2D eigenvalue weighted by atomic mass is 10.1. The van der Waals surface area contributed by atoms with Crippen LogP contribution in [-0.2, 0) is 0 Å². The van der Waals surface area contributed by atoms with Gasteiger partial charge in [0.15, 0.2) is 0 Å². The van der Waals surface area contributed by atoms with Gasteiger partial charge in [0, 0.05) is 6.54 Å². The average Bonchev–Trinajstić information content (AvgIpc) is 2.18. The van der Waals surface area contributed by atoms with E-state index in [1.807, 2.05) is 0 Å². The van der Waals surface area contributed by atoms with Crippen molar-refractivity contribution in [1.82, 2.24) is 10.2 Å². The number of nitrogens with one attached hydrogen (secondary N) is 1. The Morgan fingerprint density at radius 3 is 2.47 bits per heavy atom. The quantitative estimate of drug-likeness (QED) is 0.563. The smallest absolute Gasteiger partial charge is 0.00161 e. The van der Waals surface area contributed by atoms with E-state index in [-0.39, 0.29) is 0 Å². The van der Waals surface area contributed by atoms with Crippen LogP contribution in [-0.4, -0.2) is 38.1 Å². The zero-order valence-corrected chi connectivity index (χ0v) is 11.2. The van der Waals surface area contributed by atoms with Gasteiger partial charge in [0.25, 0.3) is 0 Å². The minimum absolute atomic E-state index is 0.767. The standard InChI is InChI=1S/C13H30N2/c1-5-7-8-10-15(4)12-13(3)11-14-9-6-2/h13-14H,5-12H2,1-4H3. The molecule has 1 N–H and O–H groups in total.